The number of benzene rings is 3. The van der Waals surface area contributed by atoms with Gasteiger partial charge in [-0.05, 0) is 42.0 Å². The molecule has 0 fully saturated rings. The Morgan fingerprint density at radius 1 is 0.886 bits per heavy atom. The second-order valence-electron chi connectivity index (χ2n) is 7.32. The van der Waals surface area contributed by atoms with Crippen LogP contribution in [0, 0.1) is 0 Å². The predicted molar refractivity (Wildman–Crippen MR) is 124 cm³/mol. The number of aromatic hydroxyl groups is 5. The maximum Gasteiger partial charge on any atom is 0.336 e. The van der Waals surface area contributed by atoms with E-state index in [1.54, 1.807) is 0 Å². The van der Waals surface area contributed by atoms with Gasteiger partial charge in [-0.15, -0.1) is 0 Å². The molecule has 0 unspecified atom stereocenters. The first-order valence-corrected chi connectivity index (χ1v) is 10.00. The highest BCUT2D eigenvalue weighted by Gasteiger charge is 2.23. The molecule has 0 radical (unpaired) electrons. The van der Waals surface area contributed by atoms with Gasteiger partial charge in [0.05, 0.1) is 7.11 Å². The molecule has 1 aromatic heterocycles. The minimum atomic E-state index is -0.980. The number of carbonyl (C=O) groups excluding carboxylic acids is 1. The van der Waals surface area contributed by atoms with Gasteiger partial charge in [-0.3, -0.25) is 4.79 Å². The number of fused-ring (bicyclic) bond motifs is 1. The summed E-state index contributed by atoms with van der Waals surface area (Å²) in [5.41, 5.74) is -0.572. The summed E-state index contributed by atoms with van der Waals surface area (Å²) in [6.07, 6.45) is 2.37. The van der Waals surface area contributed by atoms with Gasteiger partial charge in [0.25, 0.3) is 0 Å². The fourth-order valence-electron chi connectivity index (χ4n) is 3.31. The van der Waals surface area contributed by atoms with Crippen LogP contribution >= 0.6 is 0 Å². The van der Waals surface area contributed by atoms with Crippen molar-refractivity contribution in [2.24, 2.45) is 0 Å². The van der Waals surface area contributed by atoms with E-state index in [-0.39, 0.29) is 39.5 Å². The zero-order chi connectivity index (χ0) is 25.3. The van der Waals surface area contributed by atoms with E-state index in [1.807, 2.05) is 0 Å². The second kappa shape index (κ2) is 9.02. The summed E-state index contributed by atoms with van der Waals surface area (Å²) in [4.78, 5) is 25.8. The van der Waals surface area contributed by atoms with Crippen molar-refractivity contribution in [3.8, 4) is 51.6 Å². The number of rotatable bonds is 5. The third kappa shape index (κ3) is 4.53. The zero-order valence-electron chi connectivity index (χ0n) is 18.1. The summed E-state index contributed by atoms with van der Waals surface area (Å²) >= 11 is 0. The van der Waals surface area contributed by atoms with Crippen LogP contribution in [0.25, 0.3) is 28.4 Å². The second-order valence-corrected chi connectivity index (χ2v) is 7.32. The topological polar surface area (TPSA) is 167 Å². The first kappa shape index (κ1) is 23.1. The SMILES string of the molecule is COc1cc(C=CC(=O)Oc2c(-c3ccc(O)c(O)c3)oc3cc(O)cc(O)c3c2=O)ccc1O. The lowest BCUT2D eigenvalue weighted by molar-refractivity contribution is -0.129. The lowest BCUT2D eigenvalue weighted by atomic mass is 10.1. The van der Waals surface area contributed by atoms with Crippen molar-refractivity contribution in [3.63, 3.8) is 0 Å². The number of esters is 1. The fraction of sp³-hybridized carbons (Fsp3) is 0.0400. The number of carbonyl (C=O) groups is 1. The van der Waals surface area contributed by atoms with Gasteiger partial charge in [0.1, 0.15) is 22.5 Å². The molecule has 10 heteroatoms. The van der Waals surface area contributed by atoms with Crippen molar-refractivity contribution >= 4 is 23.0 Å². The molecule has 0 aliphatic rings. The minimum absolute atomic E-state index is 0.0668. The highest BCUT2D eigenvalue weighted by Crippen LogP contribution is 2.38. The quantitative estimate of drug-likeness (QED) is 0.162. The molecule has 5 N–H and O–H groups in total. The fourth-order valence-corrected chi connectivity index (χ4v) is 3.31. The Hall–Kier alpha value is -5.12. The van der Waals surface area contributed by atoms with Crippen molar-refractivity contribution in [3.05, 3.63) is 70.4 Å². The van der Waals surface area contributed by atoms with Crippen LogP contribution in [-0.2, 0) is 4.79 Å². The predicted octanol–water partition coefficient (Wildman–Crippen LogP) is 3.62. The molecule has 10 nitrogen and oxygen atoms in total. The van der Waals surface area contributed by atoms with E-state index in [4.69, 9.17) is 13.9 Å². The molecule has 0 saturated carbocycles. The van der Waals surface area contributed by atoms with E-state index >= 15 is 0 Å². The Bertz CT molecular complexity index is 1550. The molecule has 1 heterocycles. The Morgan fingerprint density at radius 2 is 1.63 bits per heavy atom. The number of ether oxygens (including phenoxy) is 2. The molecular weight excluding hydrogens is 460 g/mol. The molecule has 0 aliphatic heterocycles. The Labute approximate surface area is 196 Å². The van der Waals surface area contributed by atoms with Crippen LogP contribution in [0.4, 0.5) is 0 Å². The molecule has 4 rings (SSSR count). The van der Waals surface area contributed by atoms with Crippen LogP contribution < -0.4 is 14.9 Å². The molecule has 0 aliphatic carbocycles. The third-order valence-corrected chi connectivity index (χ3v) is 4.97. The van der Waals surface area contributed by atoms with Crippen molar-refractivity contribution < 1.29 is 44.2 Å². The summed E-state index contributed by atoms with van der Waals surface area (Å²) in [6, 6.07) is 9.89. The van der Waals surface area contributed by atoms with E-state index < -0.39 is 34.4 Å². The molecule has 0 saturated heterocycles. The standard InChI is InChI=1S/C25H18O10/c1-33-19-8-12(2-5-16(19)28)3-7-21(31)35-25-23(32)22-18(30)10-14(26)11-20(22)34-24(25)13-4-6-15(27)17(29)9-13/h2-11,26-30H,1H3. The third-order valence-electron chi connectivity index (χ3n) is 4.97. The van der Waals surface area contributed by atoms with Crippen molar-refractivity contribution in [1.29, 1.82) is 0 Å². The highest BCUT2D eigenvalue weighted by atomic mass is 16.5. The molecule has 4 aromatic rings. The molecule has 3 aromatic carbocycles. The van der Waals surface area contributed by atoms with E-state index in [2.05, 4.69) is 0 Å². The summed E-state index contributed by atoms with van der Waals surface area (Å²) in [5.74, 6) is -3.71. The van der Waals surface area contributed by atoms with Gasteiger partial charge < -0.3 is 39.4 Å². The van der Waals surface area contributed by atoms with Gasteiger partial charge in [-0.1, -0.05) is 6.07 Å². The maximum atomic E-state index is 13.2. The number of hydrogen-bond donors (Lipinski definition) is 5. The van der Waals surface area contributed by atoms with Gasteiger partial charge >= 0.3 is 5.97 Å². The zero-order valence-corrected chi connectivity index (χ0v) is 18.1. The van der Waals surface area contributed by atoms with E-state index in [0.29, 0.717) is 5.56 Å². The summed E-state index contributed by atoms with van der Waals surface area (Å²) in [7, 11) is 1.37. The van der Waals surface area contributed by atoms with E-state index in [9.17, 15) is 35.1 Å². The maximum absolute atomic E-state index is 13.2. The van der Waals surface area contributed by atoms with Crippen LogP contribution in [0.1, 0.15) is 5.56 Å². The number of methoxy groups -OCH3 is 1. The van der Waals surface area contributed by atoms with Gasteiger partial charge in [-0.2, -0.15) is 0 Å². The molecule has 0 spiro atoms. The van der Waals surface area contributed by atoms with Gasteiger partial charge in [0.15, 0.2) is 28.8 Å². The van der Waals surface area contributed by atoms with Gasteiger partial charge in [0.2, 0.25) is 11.2 Å². The Balaban J connectivity index is 1.80. The monoisotopic (exact) mass is 478 g/mol. The average Bonchev–Trinajstić information content (AvgIpc) is 2.81. The first-order valence-electron chi connectivity index (χ1n) is 10.00. The Kier molecular flexibility index (Phi) is 5.94. The lowest BCUT2D eigenvalue weighted by Gasteiger charge is -2.11. The number of phenolic OH excluding ortho intramolecular Hbond substituents is 5. The normalized spacial score (nSPS) is 11.1. The number of hydrogen-bond acceptors (Lipinski definition) is 10. The van der Waals surface area contributed by atoms with E-state index in [0.717, 1.165) is 30.3 Å². The van der Waals surface area contributed by atoms with Gasteiger partial charge in [-0.25, -0.2) is 4.79 Å². The lowest BCUT2D eigenvalue weighted by Crippen LogP contribution is -2.14. The van der Waals surface area contributed by atoms with Crippen LogP contribution in [0.5, 0.6) is 40.2 Å². The van der Waals surface area contributed by atoms with Crippen molar-refractivity contribution in [2.75, 3.05) is 7.11 Å². The molecule has 0 bridgehead atoms. The molecule has 178 valence electrons. The van der Waals surface area contributed by atoms with Crippen molar-refractivity contribution in [1.82, 2.24) is 0 Å². The highest BCUT2D eigenvalue weighted by molar-refractivity contribution is 5.92. The van der Waals surface area contributed by atoms with Crippen LogP contribution in [0.3, 0.4) is 0 Å². The minimum Gasteiger partial charge on any atom is -0.508 e. The van der Waals surface area contributed by atoms with E-state index in [1.165, 1.54) is 37.5 Å². The first-order chi connectivity index (χ1) is 16.7. The van der Waals surface area contributed by atoms with Crippen LogP contribution in [0.15, 0.2) is 63.8 Å². The molecular formula is C25H18O10. The summed E-state index contributed by atoms with van der Waals surface area (Å²) < 4.78 is 15.9. The molecule has 0 atom stereocenters. The number of phenols is 5. The largest absolute Gasteiger partial charge is 0.508 e. The van der Waals surface area contributed by atoms with Crippen LogP contribution in [0.2, 0.25) is 0 Å². The van der Waals surface area contributed by atoms with Gasteiger partial charge in [0, 0.05) is 23.8 Å². The average molecular weight is 478 g/mol. The molecule has 35 heavy (non-hydrogen) atoms. The van der Waals surface area contributed by atoms with Crippen LogP contribution in [-0.4, -0.2) is 38.6 Å². The summed E-state index contributed by atoms with van der Waals surface area (Å²) in [6.45, 7) is 0. The Morgan fingerprint density at radius 3 is 2.34 bits per heavy atom. The summed E-state index contributed by atoms with van der Waals surface area (Å²) in [5, 5.41) is 48.8. The smallest absolute Gasteiger partial charge is 0.336 e. The van der Waals surface area contributed by atoms with Crippen molar-refractivity contribution in [2.45, 2.75) is 0 Å². The molecule has 0 amide bonds.